The lowest BCUT2D eigenvalue weighted by Gasteiger charge is -2.19. The van der Waals surface area contributed by atoms with Gasteiger partial charge in [0.2, 0.25) is 0 Å². The number of hydrogen-bond acceptors (Lipinski definition) is 7. The van der Waals surface area contributed by atoms with Gasteiger partial charge in [0.05, 0.1) is 23.7 Å². The van der Waals surface area contributed by atoms with Crippen LogP contribution < -0.4 is 9.64 Å². The number of hydrogen-bond donors (Lipinski definition) is 0. The van der Waals surface area contributed by atoms with Crippen molar-refractivity contribution in [2.45, 2.75) is 0 Å². The van der Waals surface area contributed by atoms with Gasteiger partial charge in [-0.2, -0.15) is 5.26 Å². The molecule has 0 N–H and O–H groups in total. The molecule has 0 atom stereocenters. The van der Waals surface area contributed by atoms with Crippen LogP contribution in [0.3, 0.4) is 0 Å². The summed E-state index contributed by atoms with van der Waals surface area (Å²) in [5, 5.41) is 20.2. The second kappa shape index (κ2) is 8.96. The molecule has 0 saturated heterocycles. The Hall–Kier alpha value is -3.93. The Labute approximate surface area is 154 Å². The summed E-state index contributed by atoms with van der Waals surface area (Å²) in [6, 6.07) is 13.9. The van der Waals surface area contributed by atoms with E-state index in [-0.39, 0.29) is 17.9 Å². The van der Waals surface area contributed by atoms with Crippen LogP contribution in [0, 0.1) is 21.4 Å². The van der Waals surface area contributed by atoms with Crippen molar-refractivity contribution in [3.8, 4) is 11.8 Å². The molecule has 1 amide bonds. The Morgan fingerprint density at radius 2 is 1.93 bits per heavy atom. The predicted octanol–water partition coefficient (Wildman–Crippen LogP) is 2.32. The van der Waals surface area contributed by atoms with Gasteiger partial charge >= 0.3 is 11.7 Å². The highest BCUT2D eigenvalue weighted by Crippen LogP contribution is 2.28. The number of benzene rings is 2. The molecule has 0 radical (unpaired) electrons. The van der Waals surface area contributed by atoms with E-state index < -0.39 is 29.1 Å². The molecular formula is C18H15N3O6. The number of nitro groups is 1. The molecule has 2 aromatic rings. The van der Waals surface area contributed by atoms with E-state index >= 15 is 0 Å². The fourth-order valence-corrected chi connectivity index (χ4v) is 2.25. The number of nitro benzene ring substituents is 1. The molecule has 0 aliphatic rings. The van der Waals surface area contributed by atoms with Gasteiger partial charge in [0.1, 0.15) is 6.54 Å². The van der Waals surface area contributed by atoms with Crippen LogP contribution in [0.1, 0.15) is 10.4 Å². The number of esters is 1. The first-order chi connectivity index (χ1) is 13.0. The van der Waals surface area contributed by atoms with Gasteiger partial charge < -0.3 is 9.47 Å². The lowest BCUT2D eigenvalue weighted by Crippen LogP contribution is -2.35. The van der Waals surface area contributed by atoms with Crippen molar-refractivity contribution in [3.05, 3.63) is 64.2 Å². The zero-order valence-corrected chi connectivity index (χ0v) is 14.3. The third-order valence-electron chi connectivity index (χ3n) is 3.53. The summed E-state index contributed by atoms with van der Waals surface area (Å²) in [5.41, 5.74) is 0.0127. The van der Waals surface area contributed by atoms with Crippen LogP contribution in [0.25, 0.3) is 0 Å². The van der Waals surface area contributed by atoms with E-state index in [1.807, 2.05) is 6.07 Å². The first-order valence-corrected chi connectivity index (χ1v) is 7.70. The zero-order chi connectivity index (χ0) is 19.8. The van der Waals surface area contributed by atoms with E-state index in [4.69, 9.17) is 10.00 Å². The number of rotatable bonds is 7. The standard InChI is InChI=1S/C18H15N3O6/c1-26-18(23)13-7-8-16(15(11-13)21(24)25)27-12-17(22)20(10-9-19)14-5-3-2-4-6-14/h2-8,11H,10,12H2,1H3. The molecule has 0 saturated carbocycles. The van der Waals surface area contributed by atoms with Crippen molar-refractivity contribution in [2.24, 2.45) is 0 Å². The Bertz CT molecular complexity index is 892. The van der Waals surface area contributed by atoms with Crippen LogP contribution in [-0.2, 0) is 9.53 Å². The number of methoxy groups -OCH3 is 1. The van der Waals surface area contributed by atoms with E-state index in [1.54, 1.807) is 30.3 Å². The fourth-order valence-electron chi connectivity index (χ4n) is 2.25. The molecule has 0 bridgehead atoms. The third kappa shape index (κ3) is 4.79. The molecule has 0 heterocycles. The predicted molar refractivity (Wildman–Crippen MR) is 94.3 cm³/mol. The van der Waals surface area contributed by atoms with Crippen molar-refractivity contribution in [2.75, 3.05) is 25.2 Å². The molecule has 9 heteroatoms. The first-order valence-electron chi connectivity index (χ1n) is 7.70. The smallest absolute Gasteiger partial charge is 0.338 e. The molecule has 27 heavy (non-hydrogen) atoms. The average Bonchev–Trinajstić information content (AvgIpc) is 2.70. The van der Waals surface area contributed by atoms with E-state index in [1.165, 1.54) is 17.0 Å². The van der Waals surface area contributed by atoms with Crippen molar-refractivity contribution in [3.63, 3.8) is 0 Å². The van der Waals surface area contributed by atoms with E-state index in [0.717, 1.165) is 13.2 Å². The minimum Gasteiger partial charge on any atom is -0.477 e. The highest BCUT2D eigenvalue weighted by atomic mass is 16.6. The molecule has 0 spiro atoms. The molecule has 0 fully saturated rings. The quantitative estimate of drug-likeness (QED) is 0.317. The lowest BCUT2D eigenvalue weighted by molar-refractivity contribution is -0.385. The number of amides is 1. The number of nitriles is 1. The average molecular weight is 369 g/mol. The largest absolute Gasteiger partial charge is 0.477 e. The zero-order valence-electron chi connectivity index (χ0n) is 14.3. The Balaban J connectivity index is 2.19. The number of anilines is 1. The van der Waals surface area contributed by atoms with Gasteiger partial charge in [-0.1, -0.05) is 18.2 Å². The molecule has 0 aliphatic heterocycles. The number of para-hydroxylation sites is 1. The highest BCUT2D eigenvalue weighted by Gasteiger charge is 2.22. The Morgan fingerprint density at radius 1 is 1.22 bits per heavy atom. The van der Waals surface area contributed by atoms with Gasteiger partial charge in [-0.3, -0.25) is 19.8 Å². The summed E-state index contributed by atoms with van der Waals surface area (Å²) in [7, 11) is 1.16. The SMILES string of the molecule is COC(=O)c1ccc(OCC(=O)N(CC#N)c2ccccc2)c([N+](=O)[O-])c1. The molecule has 0 aromatic heterocycles. The van der Waals surface area contributed by atoms with Gasteiger partial charge in [-0.05, 0) is 24.3 Å². The normalized spacial score (nSPS) is 9.78. The van der Waals surface area contributed by atoms with Crippen LogP contribution in [0.4, 0.5) is 11.4 Å². The van der Waals surface area contributed by atoms with E-state index in [0.29, 0.717) is 5.69 Å². The molecule has 9 nitrogen and oxygen atoms in total. The molecule has 138 valence electrons. The second-order valence-electron chi connectivity index (χ2n) is 5.19. The maximum atomic E-state index is 12.4. The summed E-state index contributed by atoms with van der Waals surface area (Å²) < 4.78 is 9.81. The van der Waals surface area contributed by atoms with Crippen molar-refractivity contribution >= 4 is 23.3 Å². The second-order valence-corrected chi connectivity index (χ2v) is 5.19. The Kier molecular flexibility index (Phi) is 6.44. The summed E-state index contributed by atoms with van der Waals surface area (Å²) in [6.45, 7) is -0.718. The maximum absolute atomic E-state index is 12.4. The fraction of sp³-hybridized carbons (Fsp3) is 0.167. The van der Waals surface area contributed by atoms with Gasteiger partial charge in [0, 0.05) is 11.8 Å². The summed E-state index contributed by atoms with van der Waals surface area (Å²) in [5.74, 6) is -1.45. The van der Waals surface area contributed by atoms with Crippen molar-refractivity contribution < 1.29 is 24.0 Å². The van der Waals surface area contributed by atoms with Crippen LogP contribution >= 0.6 is 0 Å². The van der Waals surface area contributed by atoms with Crippen LogP contribution in [-0.4, -0.2) is 37.1 Å². The maximum Gasteiger partial charge on any atom is 0.338 e. The third-order valence-corrected chi connectivity index (χ3v) is 3.53. The van der Waals surface area contributed by atoms with Gasteiger partial charge in [-0.25, -0.2) is 4.79 Å². The molecule has 2 rings (SSSR count). The lowest BCUT2D eigenvalue weighted by atomic mass is 10.2. The molecule has 0 unspecified atom stereocenters. The molecule has 2 aromatic carbocycles. The van der Waals surface area contributed by atoms with Crippen molar-refractivity contribution in [1.82, 2.24) is 0 Å². The topological polar surface area (TPSA) is 123 Å². The Morgan fingerprint density at radius 3 is 2.52 bits per heavy atom. The number of carbonyl (C=O) groups is 2. The summed E-state index contributed by atoms with van der Waals surface area (Å²) >= 11 is 0. The van der Waals surface area contributed by atoms with Gasteiger partial charge in [0.15, 0.2) is 12.4 Å². The molecular weight excluding hydrogens is 354 g/mol. The summed E-state index contributed by atoms with van der Waals surface area (Å²) in [6.07, 6.45) is 0. The van der Waals surface area contributed by atoms with Crippen LogP contribution in [0.5, 0.6) is 5.75 Å². The summed E-state index contributed by atoms with van der Waals surface area (Å²) in [4.78, 5) is 35.6. The first kappa shape index (κ1) is 19.4. The van der Waals surface area contributed by atoms with E-state index in [9.17, 15) is 19.7 Å². The minimum atomic E-state index is -0.731. The number of carbonyl (C=O) groups excluding carboxylic acids is 2. The minimum absolute atomic E-state index is 0.0155. The van der Waals surface area contributed by atoms with Crippen LogP contribution in [0.2, 0.25) is 0 Å². The van der Waals surface area contributed by atoms with Gasteiger partial charge in [-0.15, -0.1) is 0 Å². The monoisotopic (exact) mass is 369 g/mol. The van der Waals surface area contributed by atoms with Crippen molar-refractivity contribution in [1.29, 1.82) is 5.26 Å². The highest BCUT2D eigenvalue weighted by molar-refractivity contribution is 5.95. The van der Waals surface area contributed by atoms with Crippen LogP contribution in [0.15, 0.2) is 48.5 Å². The van der Waals surface area contributed by atoms with Gasteiger partial charge in [0.25, 0.3) is 5.91 Å². The molecule has 0 aliphatic carbocycles. The van der Waals surface area contributed by atoms with E-state index in [2.05, 4.69) is 4.74 Å². The number of nitrogens with zero attached hydrogens (tertiary/aromatic N) is 3. The number of ether oxygens (including phenoxy) is 2.